The number of pyridine rings is 1. The fraction of sp³-hybridized carbons (Fsp3) is 0.308. The summed E-state index contributed by atoms with van der Waals surface area (Å²) in [4.78, 5) is 11.6. The van der Waals surface area contributed by atoms with Crippen molar-refractivity contribution in [2.24, 2.45) is 0 Å². The van der Waals surface area contributed by atoms with Crippen molar-refractivity contribution in [3.8, 4) is 0 Å². The zero-order valence-corrected chi connectivity index (χ0v) is 9.44. The van der Waals surface area contributed by atoms with Crippen LogP contribution in [0.2, 0.25) is 0 Å². The molecule has 16 heavy (non-hydrogen) atoms. The molecule has 0 aliphatic rings. The van der Waals surface area contributed by atoms with Crippen LogP contribution in [0, 0.1) is 0 Å². The topological polar surface area (TPSA) is 34.0 Å². The Kier molecular flexibility index (Phi) is 3.37. The molecule has 2 aromatic rings. The van der Waals surface area contributed by atoms with E-state index < -0.39 is 0 Å². The standard InChI is InChI=1S/C13H16N2O/c1-14-8-4-9-15-10-7-13(16)11-5-2-3-6-12(11)15/h2-3,5-7,10,14H,4,8-9H2,1H3. The minimum Gasteiger partial charge on any atom is -0.347 e. The molecule has 84 valence electrons. The quantitative estimate of drug-likeness (QED) is 0.788. The van der Waals surface area contributed by atoms with Crippen molar-refractivity contribution in [1.82, 2.24) is 9.88 Å². The van der Waals surface area contributed by atoms with Gasteiger partial charge in [-0.05, 0) is 32.1 Å². The molecule has 0 bridgehead atoms. The monoisotopic (exact) mass is 216 g/mol. The highest BCUT2D eigenvalue weighted by Gasteiger charge is 2.00. The van der Waals surface area contributed by atoms with E-state index in [0.29, 0.717) is 0 Å². The highest BCUT2D eigenvalue weighted by Crippen LogP contribution is 2.09. The molecule has 1 N–H and O–H groups in total. The van der Waals surface area contributed by atoms with Gasteiger partial charge in [0.25, 0.3) is 0 Å². The first-order chi connectivity index (χ1) is 7.83. The van der Waals surface area contributed by atoms with Crippen molar-refractivity contribution in [2.75, 3.05) is 13.6 Å². The van der Waals surface area contributed by atoms with Crippen molar-refractivity contribution >= 4 is 10.9 Å². The van der Waals surface area contributed by atoms with Crippen LogP contribution < -0.4 is 10.7 Å². The summed E-state index contributed by atoms with van der Waals surface area (Å²) in [6.07, 6.45) is 2.93. The van der Waals surface area contributed by atoms with Crippen molar-refractivity contribution in [2.45, 2.75) is 13.0 Å². The second-order valence-corrected chi connectivity index (χ2v) is 3.85. The molecule has 0 amide bonds. The molecule has 0 atom stereocenters. The van der Waals surface area contributed by atoms with E-state index in [4.69, 9.17) is 0 Å². The van der Waals surface area contributed by atoms with E-state index >= 15 is 0 Å². The van der Waals surface area contributed by atoms with E-state index in [1.165, 1.54) is 0 Å². The SMILES string of the molecule is CNCCCn1ccc(=O)c2ccccc21. The maximum Gasteiger partial charge on any atom is 0.189 e. The zero-order valence-electron chi connectivity index (χ0n) is 9.44. The number of fused-ring (bicyclic) bond motifs is 1. The third-order valence-corrected chi connectivity index (χ3v) is 2.71. The molecular weight excluding hydrogens is 200 g/mol. The van der Waals surface area contributed by atoms with Crippen molar-refractivity contribution in [3.05, 3.63) is 46.8 Å². The lowest BCUT2D eigenvalue weighted by Crippen LogP contribution is -2.13. The largest absolute Gasteiger partial charge is 0.347 e. The molecule has 0 aliphatic heterocycles. The molecule has 0 unspecified atom stereocenters. The molecule has 0 spiro atoms. The summed E-state index contributed by atoms with van der Waals surface area (Å²) in [6.45, 7) is 1.92. The molecule has 3 heteroatoms. The fourth-order valence-electron chi connectivity index (χ4n) is 1.88. The van der Waals surface area contributed by atoms with Crippen molar-refractivity contribution < 1.29 is 0 Å². The van der Waals surface area contributed by atoms with Crippen LogP contribution in [0.4, 0.5) is 0 Å². The Labute approximate surface area is 94.7 Å². The number of aryl methyl sites for hydroxylation is 1. The van der Waals surface area contributed by atoms with Crippen LogP contribution in [0.3, 0.4) is 0 Å². The molecule has 0 aliphatic carbocycles. The number of para-hydroxylation sites is 1. The van der Waals surface area contributed by atoms with Gasteiger partial charge in [-0.1, -0.05) is 12.1 Å². The number of aromatic nitrogens is 1. The second kappa shape index (κ2) is 4.94. The number of nitrogens with one attached hydrogen (secondary N) is 1. The molecule has 0 fully saturated rings. The Bertz CT molecular complexity index is 531. The second-order valence-electron chi connectivity index (χ2n) is 3.85. The van der Waals surface area contributed by atoms with Gasteiger partial charge in [-0.15, -0.1) is 0 Å². The summed E-state index contributed by atoms with van der Waals surface area (Å²) >= 11 is 0. The van der Waals surface area contributed by atoms with E-state index in [1.807, 2.05) is 37.5 Å². The van der Waals surface area contributed by atoms with Gasteiger partial charge in [-0.2, -0.15) is 0 Å². The van der Waals surface area contributed by atoms with Crippen LogP contribution >= 0.6 is 0 Å². The summed E-state index contributed by atoms with van der Waals surface area (Å²) in [5.74, 6) is 0. The van der Waals surface area contributed by atoms with Crippen LogP contribution in [-0.2, 0) is 6.54 Å². The van der Waals surface area contributed by atoms with Gasteiger partial charge in [0.1, 0.15) is 0 Å². The predicted octanol–water partition coefficient (Wildman–Crippen LogP) is 1.61. The average molecular weight is 216 g/mol. The summed E-state index contributed by atoms with van der Waals surface area (Å²) in [5, 5.41) is 3.92. The molecule has 1 heterocycles. The lowest BCUT2D eigenvalue weighted by molar-refractivity contribution is 0.624. The maximum absolute atomic E-state index is 11.6. The predicted molar refractivity (Wildman–Crippen MR) is 66.8 cm³/mol. The number of nitrogens with zero attached hydrogens (tertiary/aromatic N) is 1. The van der Waals surface area contributed by atoms with E-state index in [2.05, 4.69) is 9.88 Å². The molecule has 2 rings (SSSR count). The Morgan fingerprint density at radius 3 is 2.88 bits per heavy atom. The van der Waals surface area contributed by atoms with Gasteiger partial charge in [-0.25, -0.2) is 0 Å². The lowest BCUT2D eigenvalue weighted by Gasteiger charge is -2.09. The molecule has 0 saturated carbocycles. The van der Waals surface area contributed by atoms with Crippen LogP contribution in [0.1, 0.15) is 6.42 Å². The van der Waals surface area contributed by atoms with E-state index in [1.54, 1.807) is 6.07 Å². The number of hydrogen-bond acceptors (Lipinski definition) is 2. The summed E-state index contributed by atoms with van der Waals surface area (Å²) in [5.41, 5.74) is 1.12. The van der Waals surface area contributed by atoms with Gasteiger partial charge in [0.2, 0.25) is 0 Å². The van der Waals surface area contributed by atoms with Crippen LogP contribution in [-0.4, -0.2) is 18.2 Å². The van der Waals surface area contributed by atoms with Gasteiger partial charge in [0.15, 0.2) is 5.43 Å². The van der Waals surface area contributed by atoms with Crippen molar-refractivity contribution in [3.63, 3.8) is 0 Å². The van der Waals surface area contributed by atoms with E-state index in [9.17, 15) is 4.79 Å². The van der Waals surface area contributed by atoms with E-state index in [0.717, 1.165) is 30.4 Å². The Morgan fingerprint density at radius 1 is 1.25 bits per heavy atom. The third-order valence-electron chi connectivity index (χ3n) is 2.71. The Hall–Kier alpha value is -1.61. The van der Waals surface area contributed by atoms with Crippen LogP contribution in [0.5, 0.6) is 0 Å². The summed E-state index contributed by atoms with van der Waals surface area (Å²) in [7, 11) is 1.95. The Morgan fingerprint density at radius 2 is 2.06 bits per heavy atom. The smallest absolute Gasteiger partial charge is 0.189 e. The summed E-state index contributed by atoms with van der Waals surface area (Å²) in [6, 6.07) is 9.39. The van der Waals surface area contributed by atoms with Gasteiger partial charge in [-0.3, -0.25) is 4.79 Å². The first kappa shape index (κ1) is 10.9. The number of hydrogen-bond donors (Lipinski definition) is 1. The first-order valence-electron chi connectivity index (χ1n) is 5.56. The zero-order chi connectivity index (χ0) is 11.4. The van der Waals surface area contributed by atoms with E-state index in [-0.39, 0.29) is 5.43 Å². The fourth-order valence-corrected chi connectivity index (χ4v) is 1.88. The number of benzene rings is 1. The molecule has 0 radical (unpaired) electrons. The minimum atomic E-state index is 0.0977. The Balaban J connectivity index is 2.38. The maximum atomic E-state index is 11.6. The summed E-state index contributed by atoms with van der Waals surface area (Å²) < 4.78 is 2.13. The number of rotatable bonds is 4. The first-order valence-corrected chi connectivity index (χ1v) is 5.56. The molecule has 1 aromatic carbocycles. The van der Waals surface area contributed by atoms with Crippen molar-refractivity contribution in [1.29, 1.82) is 0 Å². The normalized spacial score (nSPS) is 10.8. The highest BCUT2D eigenvalue weighted by molar-refractivity contribution is 5.78. The lowest BCUT2D eigenvalue weighted by atomic mass is 10.2. The van der Waals surface area contributed by atoms with Gasteiger partial charge in [0, 0.05) is 24.2 Å². The molecule has 3 nitrogen and oxygen atoms in total. The van der Waals surface area contributed by atoms with Crippen LogP contribution in [0.25, 0.3) is 10.9 Å². The average Bonchev–Trinajstić information content (AvgIpc) is 2.33. The van der Waals surface area contributed by atoms with Crippen LogP contribution in [0.15, 0.2) is 41.3 Å². The highest BCUT2D eigenvalue weighted by atomic mass is 16.1. The van der Waals surface area contributed by atoms with Gasteiger partial charge >= 0.3 is 0 Å². The molecule has 0 saturated heterocycles. The molecular formula is C13H16N2O. The van der Waals surface area contributed by atoms with Gasteiger partial charge < -0.3 is 9.88 Å². The minimum absolute atomic E-state index is 0.0977. The molecule has 1 aromatic heterocycles. The van der Waals surface area contributed by atoms with Gasteiger partial charge in [0.05, 0.1) is 5.52 Å². The third kappa shape index (κ3) is 2.14.